The van der Waals surface area contributed by atoms with Crippen LogP contribution in [0.2, 0.25) is 0 Å². The zero-order chi connectivity index (χ0) is 16.6. The molecule has 4 saturated heterocycles. The number of fused-ring (bicyclic) bond motifs is 3. The molecule has 24 heavy (non-hydrogen) atoms. The molecule has 5 rings (SSSR count). The topological polar surface area (TPSA) is 35.6 Å². The Hall–Kier alpha value is -0.610. The largest absolute Gasteiger partial charge is 0.352 e. The molecule has 2 bridgehead atoms. The minimum absolute atomic E-state index is 0.287. The molecule has 1 spiro atoms. The van der Waals surface area contributed by atoms with Gasteiger partial charge in [-0.25, -0.2) is 0 Å². The average molecular weight is 334 g/mol. The van der Waals surface area contributed by atoms with Crippen molar-refractivity contribution in [1.29, 1.82) is 0 Å². The van der Waals surface area contributed by atoms with Gasteiger partial charge in [0, 0.05) is 18.5 Å². The van der Waals surface area contributed by atoms with Gasteiger partial charge < -0.3 is 15.1 Å². The molecule has 1 unspecified atom stereocenters. The number of rotatable bonds is 3. The zero-order valence-electron chi connectivity index (χ0n) is 15.4. The summed E-state index contributed by atoms with van der Waals surface area (Å²) < 4.78 is 0. The number of amides is 1. The van der Waals surface area contributed by atoms with E-state index in [-0.39, 0.29) is 5.92 Å². The van der Waals surface area contributed by atoms with E-state index in [2.05, 4.69) is 22.0 Å². The quantitative estimate of drug-likeness (QED) is 0.862. The molecule has 1 N–H and O–H groups in total. The van der Waals surface area contributed by atoms with E-state index in [1.54, 1.807) is 0 Å². The molecule has 4 heterocycles. The highest BCUT2D eigenvalue weighted by Crippen LogP contribution is 2.46. The van der Waals surface area contributed by atoms with Gasteiger partial charge in [-0.15, -0.1) is 0 Å². The van der Waals surface area contributed by atoms with Crippen molar-refractivity contribution in [2.75, 3.05) is 39.3 Å². The molecule has 5 aliphatic rings. The normalized spacial score (nSPS) is 36.8. The predicted octanol–water partition coefficient (Wildman–Crippen LogP) is 2.49. The minimum Gasteiger partial charge on any atom is -0.352 e. The van der Waals surface area contributed by atoms with Crippen LogP contribution in [0.4, 0.5) is 0 Å². The highest BCUT2D eigenvalue weighted by atomic mass is 16.2. The van der Waals surface area contributed by atoms with Crippen molar-refractivity contribution >= 4 is 5.91 Å². The lowest BCUT2D eigenvalue weighted by Gasteiger charge is -2.47. The van der Waals surface area contributed by atoms with E-state index in [9.17, 15) is 4.79 Å². The van der Waals surface area contributed by atoms with Crippen LogP contribution >= 0.6 is 0 Å². The molecule has 1 atom stereocenters. The number of piperidine rings is 4. The second-order valence-electron chi connectivity index (χ2n) is 8.96. The molecule has 1 amide bonds. The van der Waals surface area contributed by atoms with Crippen molar-refractivity contribution in [3.05, 3.63) is 0 Å². The number of nitrogens with one attached hydrogen (secondary N) is 1. The van der Waals surface area contributed by atoms with Crippen LogP contribution in [-0.2, 0) is 4.79 Å². The second kappa shape index (κ2) is 6.95. The van der Waals surface area contributed by atoms with Gasteiger partial charge in [-0.1, -0.05) is 6.92 Å². The van der Waals surface area contributed by atoms with Crippen molar-refractivity contribution in [3.8, 4) is 0 Å². The van der Waals surface area contributed by atoms with Gasteiger partial charge in [0.05, 0.1) is 0 Å². The van der Waals surface area contributed by atoms with E-state index in [1.807, 2.05) is 0 Å². The first-order valence-electron chi connectivity index (χ1n) is 10.4. The van der Waals surface area contributed by atoms with Crippen LogP contribution in [0.5, 0.6) is 0 Å². The predicted molar refractivity (Wildman–Crippen MR) is 96.8 cm³/mol. The van der Waals surface area contributed by atoms with E-state index in [4.69, 9.17) is 0 Å². The highest BCUT2D eigenvalue weighted by Gasteiger charge is 2.41. The minimum atomic E-state index is 0.287. The van der Waals surface area contributed by atoms with Crippen LogP contribution in [0.1, 0.15) is 58.3 Å². The number of carbonyl (C=O) groups excluding carboxylic acids is 1. The molecular formula is C20H35N3O. The van der Waals surface area contributed by atoms with Gasteiger partial charge in [0.2, 0.25) is 5.91 Å². The van der Waals surface area contributed by atoms with Gasteiger partial charge in [0.25, 0.3) is 0 Å². The van der Waals surface area contributed by atoms with Crippen LogP contribution in [0.3, 0.4) is 0 Å². The lowest BCUT2D eigenvalue weighted by atomic mass is 9.65. The Labute approximate surface area is 147 Å². The summed E-state index contributed by atoms with van der Waals surface area (Å²) in [6.07, 6.45) is 10.1. The van der Waals surface area contributed by atoms with Crippen LogP contribution in [0, 0.1) is 17.3 Å². The van der Waals surface area contributed by atoms with E-state index in [0.29, 0.717) is 17.4 Å². The lowest BCUT2D eigenvalue weighted by Crippen LogP contribution is -2.58. The maximum Gasteiger partial charge on any atom is 0.223 e. The fourth-order valence-corrected chi connectivity index (χ4v) is 5.77. The SMILES string of the molecule is CCN1CCC2(CCC(C(=O)NC3CN4CCC3CC4)CC2)CC1. The Balaban J connectivity index is 1.26. The van der Waals surface area contributed by atoms with Crippen molar-refractivity contribution in [2.24, 2.45) is 17.3 Å². The molecule has 4 nitrogen and oxygen atoms in total. The van der Waals surface area contributed by atoms with Crippen molar-refractivity contribution in [1.82, 2.24) is 15.1 Å². The maximum absolute atomic E-state index is 12.8. The van der Waals surface area contributed by atoms with Crippen molar-refractivity contribution < 1.29 is 4.79 Å². The monoisotopic (exact) mass is 333 g/mol. The number of hydrogen-bond donors (Lipinski definition) is 1. The van der Waals surface area contributed by atoms with Gasteiger partial charge in [-0.2, -0.15) is 0 Å². The van der Waals surface area contributed by atoms with Gasteiger partial charge in [0.15, 0.2) is 0 Å². The van der Waals surface area contributed by atoms with E-state index < -0.39 is 0 Å². The zero-order valence-corrected chi connectivity index (χ0v) is 15.4. The first-order chi connectivity index (χ1) is 11.7. The Bertz CT molecular complexity index is 440. The van der Waals surface area contributed by atoms with Crippen molar-refractivity contribution in [3.63, 3.8) is 0 Å². The van der Waals surface area contributed by atoms with Crippen LogP contribution < -0.4 is 5.32 Å². The molecule has 0 aromatic rings. The average Bonchev–Trinajstić information content (AvgIpc) is 2.64. The Morgan fingerprint density at radius 1 is 1.00 bits per heavy atom. The van der Waals surface area contributed by atoms with Gasteiger partial charge in [-0.3, -0.25) is 4.79 Å². The number of likely N-dealkylation sites (tertiary alicyclic amines) is 1. The fourth-order valence-electron chi connectivity index (χ4n) is 5.77. The van der Waals surface area contributed by atoms with E-state index >= 15 is 0 Å². The molecule has 136 valence electrons. The smallest absolute Gasteiger partial charge is 0.223 e. The molecule has 1 saturated carbocycles. The number of hydrogen-bond acceptors (Lipinski definition) is 3. The lowest BCUT2D eigenvalue weighted by molar-refractivity contribution is -0.129. The summed E-state index contributed by atoms with van der Waals surface area (Å²) >= 11 is 0. The first-order valence-corrected chi connectivity index (χ1v) is 10.4. The highest BCUT2D eigenvalue weighted by molar-refractivity contribution is 5.79. The molecule has 0 aromatic carbocycles. The molecule has 5 fully saturated rings. The summed E-state index contributed by atoms with van der Waals surface area (Å²) in [7, 11) is 0. The summed E-state index contributed by atoms with van der Waals surface area (Å²) in [5.41, 5.74) is 0.568. The van der Waals surface area contributed by atoms with Gasteiger partial charge in [-0.05, 0) is 95.4 Å². The summed E-state index contributed by atoms with van der Waals surface area (Å²) in [5, 5.41) is 3.44. The van der Waals surface area contributed by atoms with Crippen LogP contribution in [0.25, 0.3) is 0 Å². The molecule has 4 heteroatoms. The van der Waals surface area contributed by atoms with E-state index in [1.165, 1.54) is 71.2 Å². The van der Waals surface area contributed by atoms with Crippen LogP contribution in [-0.4, -0.2) is 61.0 Å². The molecule has 4 aliphatic heterocycles. The number of carbonyl (C=O) groups is 1. The summed E-state index contributed by atoms with van der Waals surface area (Å²) in [4.78, 5) is 17.9. The van der Waals surface area contributed by atoms with Gasteiger partial charge in [0.1, 0.15) is 0 Å². The Morgan fingerprint density at radius 3 is 2.21 bits per heavy atom. The third-order valence-electron chi connectivity index (χ3n) is 7.76. The third kappa shape index (κ3) is 3.37. The summed E-state index contributed by atoms with van der Waals surface area (Å²) in [6, 6.07) is 0.434. The van der Waals surface area contributed by atoms with Crippen LogP contribution in [0.15, 0.2) is 0 Å². The fraction of sp³-hybridized carbons (Fsp3) is 0.950. The Morgan fingerprint density at radius 2 is 1.67 bits per heavy atom. The van der Waals surface area contributed by atoms with Crippen molar-refractivity contribution in [2.45, 2.75) is 64.3 Å². The molecule has 0 radical (unpaired) electrons. The Kier molecular flexibility index (Phi) is 4.88. The van der Waals surface area contributed by atoms with E-state index in [0.717, 1.165) is 25.3 Å². The summed E-state index contributed by atoms with van der Waals surface area (Å²) in [5.74, 6) is 1.40. The third-order valence-corrected chi connectivity index (χ3v) is 7.76. The standard InChI is InChI=1S/C20H35N3O/c1-2-22-13-9-20(10-14-22)7-3-17(4-8-20)19(24)21-18-15-23-11-5-16(18)6-12-23/h16-18H,2-15H2,1H3,(H,21,24). The second-order valence-corrected chi connectivity index (χ2v) is 8.96. The van der Waals surface area contributed by atoms with Gasteiger partial charge >= 0.3 is 0 Å². The molecule has 1 aliphatic carbocycles. The first kappa shape index (κ1) is 16.8. The molecular weight excluding hydrogens is 298 g/mol. The molecule has 0 aromatic heterocycles. The summed E-state index contributed by atoms with van der Waals surface area (Å²) in [6.45, 7) is 9.60. The number of nitrogens with zero attached hydrogens (tertiary/aromatic N) is 2. The maximum atomic E-state index is 12.8.